The molecule has 2 heteroatoms. The number of ether oxygens (including phenoxy) is 1. The highest BCUT2D eigenvalue weighted by Crippen LogP contribution is 2.13. The molecule has 0 aliphatic carbocycles. The van der Waals surface area contributed by atoms with E-state index in [1.807, 2.05) is 18.2 Å². The van der Waals surface area contributed by atoms with Crippen LogP contribution in [-0.2, 0) is 0 Å². The fraction of sp³-hybridized carbons (Fsp3) is 0.333. The first-order chi connectivity index (χ1) is 9.75. The lowest BCUT2D eigenvalue weighted by Gasteiger charge is -2.14. The molecule has 0 fully saturated rings. The van der Waals surface area contributed by atoms with Gasteiger partial charge in [-0.05, 0) is 50.1 Å². The molecule has 106 valence electrons. The summed E-state index contributed by atoms with van der Waals surface area (Å²) in [6.07, 6.45) is 1.01. The van der Waals surface area contributed by atoms with Crippen LogP contribution in [0.2, 0.25) is 0 Å². The summed E-state index contributed by atoms with van der Waals surface area (Å²) in [7, 11) is 0. The van der Waals surface area contributed by atoms with E-state index < -0.39 is 0 Å². The van der Waals surface area contributed by atoms with E-state index in [9.17, 15) is 0 Å². The second kappa shape index (κ2) is 7.71. The van der Waals surface area contributed by atoms with Crippen molar-refractivity contribution in [2.75, 3.05) is 13.2 Å². The van der Waals surface area contributed by atoms with E-state index in [0.717, 1.165) is 25.3 Å². The minimum absolute atomic E-state index is 0.384. The Labute approximate surface area is 121 Å². The predicted octanol–water partition coefficient (Wildman–Crippen LogP) is 4.11. The molecule has 2 nitrogen and oxygen atoms in total. The van der Waals surface area contributed by atoms with Crippen LogP contribution in [0.5, 0.6) is 5.75 Å². The number of nitrogens with one attached hydrogen (secondary N) is 1. The topological polar surface area (TPSA) is 21.3 Å². The van der Waals surface area contributed by atoms with Gasteiger partial charge in [-0.15, -0.1) is 0 Å². The summed E-state index contributed by atoms with van der Waals surface area (Å²) in [4.78, 5) is 0. The highest BCUT2D eigenvalue weighted by atomic mass is 16.5. The molecule has 2 rings (SSSR count). The number of hydrogen-bond acceptors (Lipinski definition) is 2. The van der Waals surface area contributed by atoms with E-state index in [-0.39, 0.29) is 0 Å². The zero-order valence-corrected chi connectivity index (χ0v) is 12.3. The molecule has 2 aromatic carbocycles. The van der Waals surface area contributed by atoms with E-state index in [4.69, 9.17) is 4.74 Å². The van der Waals surface area contributed by atoms with Crippen molar-refractivity contribution < 1.29 is 4.74 Å². The Morgan fingerprint density at radius 2 is 1.85 bits per heavy atom. The third-order valence-electron chi connectivity index (χ3n) is 3.33. The Morgan fingerprint density at radius 3 is 2.60 bits per heavy atom. The van der Waals surface area contributed by atoms with Crippen LogP contribution in [-0.4, -0.2) is 13.2 Å². The summed E-state index contributed by atoms with van der Waals surface area (Å²) in [5, 5.41) is 3.52. The molecule has 0 saturated carbocycles. The molecule has 0 heterocycles. The van der Waals surface area contributed by atoms with Gasteiger partial charge in [0.25, 0.3) is 0 Å². The van der Waals surface area contributed by atoms with Crippen LogP contribution in [0.25, 0.3) is 0 Å². The van der Waals surface area contributed by atoms with Gasteiger partial charge in [0.15, 0.2) is 0 Å². The lowest BCUT2D eigenvalue weighted by molar-refractivity contribution is 0.305. The van der Waals surface area contributed by atoms with Crippen molar-refractivity contribution in [3.8, 4) is 5.75 Å². The minimum atomic E-state index is 0.384. The van der Waals surface area contributed by atoms with Crippen molar-refractivity contribution in [2.24, 2.45) is 0 Å². The van der Waals surface area contributed by atoms with Crippen molar-refractivity contribution in [2.45, 2.75) is 26.3 Å². The molecule has 0 radical (unpaired) electrons. The largest absolute Gasteiger partial charge is 0.494 e. The van der Waals surface area contributed by atoms with Gasteiger partial charge in [0.2, 0.25) is 0 Å². The van der Waals surface area contributed by atoms with Gasteiger partial charge in [0, 0.05) is 6.04 Å². The van der Waals surface area contributed by atoms with Crippen molar-refractivity contribution in [1.29, 1.82) is 0 Å². The zero-order chi connectivity index (χ0) is 14.2. The van der Waals surface area contributed by atoms with Crippen LogP contribution in [0.4, 0.5) is 0 Å². The average molecular weight is 269 g/mol. The second-order valence-corrected chi connectivity index (χ2v) is 5.11. The Hall–Kier alpha value is -1.80. The highest BCUT2D eigenvalue weighted by Gasteiger charge is 2.02. The van der Waals surface area contributed by atoms with Gasteiger partial charge >= 0.3 is 0 Å². The lowest BCUT2D eigenvalue weighted by atomic mass is 10.1. The molecule has 0 aliphatic heterocycles. The Balaban J connectivity index is 1.64. The molecule has 2 aromatic rings. The molecule has 1 unspecified atom stereocenters. The minimum Gasteiger partial charge on any atom is -0.494 e. The number of rotatable bonds is 7. The quantitative estimate of drug-likeness (QED) is 0.764. The van der Waals surface area contributed by atoms with Crippen molar-refractivity contribution in [3.63, 3.8) is 0 Å². The zero-order valence-electron chi connectivity index (χ0n) is 12.3. The molecule has 0 aliphatic rings. The molecule has 0 spiro atoms. The highest BCUT2D eigenvalue weighted by molar-refractivity contribution is 5.27. The van der Waals surface area contributed by atoms with E-state index in [2.05, 4.69) is 55.6 Å². The summed E-state index contributed by atoms with van der Waals surface area (Å²) in [5.74, 6) is 0.959. The van der Waals surface area contributed by atoms with Crippen LogP contribution >= 0.6 is 0 Å². The lowest BCUT2D eigenvalue weighted by Crippen LogP contribution is -2.21. The maximum Gasteiger partial charge on any atom is 0.119 e. The second-order valence-electron chi connectivity index (χ2n) is 5.11. The van der Waals surface area contributed by atoms with Gasteiger partial charge in [-0.2, -0.15) is 0 Å². The number of benzene rings is 2. The first-order valence-corrected chi connectivity index (χ1v) is 7.23. The van der Waals surface area contributed by atoms with E-state index in [1.165, 1.54) is 11.1 Å². The molecular formula is C18H23NO. The Kier molecular flexibility index (Phi) is 5.63. The fourth-order valence-corrected chi connectivity index (χ4v) is 2.15. The van der Waals surface area contributed by atoms with Crippen LogP contribution in [0, 0.1) is 6.92 Å². The third kappa shape index (κ3) is 4.71. The molecule has 0 bridgehead atoms. The monoisotopic (exact) mass is 269 g/mol. The first kappa shape index (κ1) is 14.6. The maximum atomic E-state index is 5.73. The smallest absolute Gasteiger partial charge is 0.119 e. The SMILES string of the molecule is Cc1cccc(OCCCNC(C)c2ccccc2)c1. The maximum absolute atomic E-state index is 5.73. The fourth-order valence-electron chi connectivity index (χ4n) is 2.15. The summed E-state index contributed by atoms with van der Waals surface area (Å²) in [5.41, 5.74) is 2.56. The number of hydrogen-bond donors (Lipinski definition) is 1. The van der Waals surface area contributed by atoms with Gasteiger partial charge in [-0.3, -0.25) is 0 Å². The molecule has 0 saturated heterocycles. The van der Waals surface area contributed by atoms with Crippen molar-refractivity contribution in [1.82, 2.24) is 5.32 Å². The van der Waals surface area contributed by atoms with Gasteiger partial charge < -0.3 is 10.1 Å². The van der Waals surface area contributed by atoms with E-state index in [1.54, 1.807) is 0 Å². The van der Waals surface area contributed by atoms with Crippen LogP contribution in [0.15, 0.2) is 54.6 Å². The van der Waals surface area contributed by atoms with Gasteiger partial charge in [0.1, 0.15) is 5.75 Å². The van der Waals surface area contributed by atoms with Crippen molar-refractivity contribution in [3.05, 3.63) is 65.7 Å². The molecule has 1 N–H and O–H groups in total. The summed E-state index contributed by atoms with van der Waals surface area (Å²) < 4.78 is 5.73. The summed E-state index contributed by atoms with van der Waals surface area (Å²) >= 11 is 0. The number of aryl methyl sites for hydroxylation is 1. The van der Waals surface area contributed by atoms with E-state index >= 15 is 0 Å². The Bertz CT molecular complexity index is 510. The molecule has 20 heavy (non-hydrogen) atoms. The first-order valence-electron chi connectivity index (χ1n) is 7.23. The van der Waals surface area contributed by atoms with E-state index in [0.29, 0.717) is 6.04 Å². The third-order valence-corrected chi connectivity index (χ3v) is 3.33. The summed E-state index contributed by atoms with van der Waals surface area (Å²) in [6, 6.07) is 19.1. The molecular weight excluding hydrogens is 246 g/mol. The standard InChI is InChI=1S/C18H23NO/c1-15-8-6-11-18(14-15)20-13-7-12-19-16(2)17-9-4-3-5-10-17/h3-6,8-11,14,16,19H,7,12-13H2,1-2H3. The molecule has 0 amide bonds. The van der Waals surface area contributed by atoms with Gasteiger partial charge in [-0.1, -0.05) is 42.5 Å². The molecule has 0 aromatic heterocycles. The van der Waals surface area contributed by atoms with Gasteiger partial charge in [0.05, 0.1) is 6.61 Å². The average Bonchev–Trinajstić information content (AvgIpc) is 2.48. The van der Waals surface area contributed by atoms with Gasteiger partial charge in [-0.25, -0.2) is 0 Å². The predicted molar refractivity (Wildman–Crippen MR) is 84.2 cm³/mol. The normalized spacial score (nSPS) is 12.1. The van der Waals surface area contributed by atoms with Crippen LogP contribution in [0.3, 0.4) is 0 Å². The Morgan fingerprint density at radius 1 is 1.05 bits per heavy atom. The van der Waals surface area contributed by atoms with Crippen LogP contribution < -0.4 is 10.1 Å². The van der Waals surface area contributed by atoms with Crippen LogP contribution in [0.1, 0.15) is 30.5 Å². The summed E-state index contributed by atoms with van der Waals surface area (Å²) in [6.45, 7) is 5.98. The van der Waals surface area contributed by atoms with Crippen molar-refractivity contribution >= 4 is 0 Å². The molecule has 1 atom stereocenters.